The van der Waals surface area contributed by atoms with Gasteiger partial charge in [-0.05, 0) is 17.7 Å². The Morgan fingerprint density at radius 3 is 2.90 bits per heavy atom. The zero-order valence-electron chi connectivity index (χ0n) is 11.3. The Labute approximate surface area is 132 Å². The highest BCUT2D eigenvalue weighted by molar-refractivity contribution is 8.13. The quantitative estimate of drug-likeness (QED) is 0.822. The molecule has 2 heterocycles. The van der Waals surface area contributed by atoms with Crippen LogP contribution in [0.4, 0.5) is 4.39 Å². The number of halogens is 2. The van der Waals surface area contributed by atoms with E-state index >= 15 is 0 Å². The molecule has 0 saturated carbocycles. The average Bonchev–Trinajstić information content (AvgIpc) is 2.83. The van der Waals surface area contributed by atoms with Crippen LogP contribution >= 0.6 is 23.4 Å². The molecule has 0 N–H and O–H groups in total. The second-order valence-corrected chi connectivity index (χ2v) is 8.76. The first-order chi connectivity index (χ1) is 9.85. The third-order valence-electron chi connectivity index (χ3n) is 3.74. The Morgan fingerprint density at radius 2 is 2.24 bits per heavy atom. The van der Waals surface area contributed by atoms with Gasteiger partial charge >= 0.3 is 0 Å². The summed E-state index contributed by atoms with van der Waals surface area (Å²) in [5, 5.41) is 1.21. The van der Waals surface area contributed by atoms with Gasteiger partial charge in [-0.2, -0.15) is 0 Å². The smallest absolute Gasteiger partial charge is 0.159 e. The second-order valence-electron chi connectivity index (χ2n) is 5.26. The topological polar surface area (TPSA) is 49.7 Å². The first-order valence-corrected chi connectivity index (χ1v) is 9.62. The molecule has 4 nitrogen and oxygen atoms in total. The molecule has 2 aliphatic heterocycles. The van der Waals surface area contributed by atoms with E-state index in [1.807, 2.05) is 11.9 Å². The van der Waals surface area contributed by atoms with Crippen LogP contribution in [-0.4, -0.2) is 49.1 Å². The number of hydrogen-bond donors (Lipinski definition) is 0. The van der Waals surface area contributed by atoms with Crippen molar-refractivity contribution in [3.63, 3.8) is 0 Å². The second kappa shape index (κ2) is 5.44. The predicted octanol–water partition coefficient (Wildman–Crippen LogP) is 2.18. The molecule has 0 aromatic heterocycles. The molecule has 114 valence electrons. The highest BCUT2D eigenvalue weighted by Crippen LogP contribution is 2.32. The van der Waals surface area contributed by atoms with Crippen LogP contribution in [0.5, 0.6) is 0 Å². The lowest BCUT2D eigenvalue weighted by Crippen LogP contribution is -2.35. The maximum atomic E-state index is 13.0. The van der Waals surface area contributed by atoms with Gasteiger partial charge in [0.2, 0.25) is 0 Å². The number of likely N-dealkylation sites (N-methyl/N-ethyl adjacent to an activating group) is 1. The van der Waals surface area contributed by atoms with Crippen LogP contribution in [0.2, 0.25) is 5.02 Å². The minimum absolute atomic E-state index is 0.0545. The number of amidine groups is 1. The molecule has 1 fully saturated rings. The van der Waals surface area contributed by atoms with Gasteiger partial charge in [0.25, 0.3) is 0 Å². The molecule has 0 radical (unpaired) electrons. The van der Waals surface area contributed by atoms with Gasteiger partial charge in [-0.25, -0.2) is 12.8 Å². The third kappa shape index (κ3) is 3.05. The minimum atomic E-state index is -2.96. The molecule has 0 spiro atoms. The van der Waals surface area contributed by atoms with E-state index in [0.717, 1.165) is 10.7 Å². The number of benzene rings is 1. The van der Waals surface area contributed by atoms with Crippen molar-refractivity contribution in [2.24, 2.45) is 4.99 Å². The summed E-state index contributed by atoms with van der Waals surface area (Å²) in [7, 11) is -1.10. The molecular weight excluding hydrogens is 335 g/mol. The molecule has 1 aromatic rings. The van der Waals surface area contributed by atoms with E-state index in [0.29, 0.717) is 10.8 Å². The number of thioether (sulfide) groups is 1. The summed E-state index contributed by atoms with van der Waals surface area (Å²) < 4.78 is 36.2. The van der Waals surface area contributed by atoms with Gasteiger partial charge < -0.3 is 4.90 Å². The van der Waals surface area contributed by atoms with Crippen molar-refractivity contribution >= 4 is 38.4 Å². The molecule has 0 amide bonds. The maximum Gasteiger partial charge on any atom is 0.159 e. The fourth-order valence-electron chi connectivity index (χ4n) is 2.60. The number of hydrogen-bond acceptors (Lipinski definition) is 5. The summed E-state index contributed by atoms with van der Waals surface area (Å²) in [6.45, 7) is 0. The van der Waals surface area contributed by atoms with E-state index in [9.17, 15) is 12.8 Å². The monoisotopic (exact) mass is 348 g/mol. The minimum Gasteiger partial charge on any atom is -0.348 e. The number of aliphatic imine (C=N–C) groups is 1. The van der Waals surface area contributed by atoms with E-state index in [1.54, 1.807) is 6.07 Å². The zero-order valence-corrected chi connectivity index (χ0v) is 13.7. The molecule has 8 heteroatoms. The summed E-state index contributed by atoms with van der Waals surface area (Å²) in [5.41, 5.74) is 0.837. The number of sulfone groups is 1. The van der Waals surface area contributed by atoms with Crippen molar-refractivity contribution in [2.75, 3.05) is 18.6 Å². The first-order valence-electron chi connectivity index (χ1n) is 6.43. The lowest BCUT2D eigenvalue weighted by atomic mass is 10.2. The van der Waals surface area contributed by atoms with Crippen LogP contribution in [0.25, 0.3) is 0 Å². The van der Waals surface area contributed by atoms with Crippen molar-refractivity contribution in [1.29, 1.82) is 0 Å². The van der Waals surface area contributed by atoms with Crippen molar-refractivity contribution in [3.05, 3.63) is 34.6 Å². The summed E-state index contributed by atoms with van der Waals surface area (Å²) in [6, 6.07) is 4.11. The van der Waals surface area contributed by atoms with Gasteiger partial charge in [0, 0.05) is 17.8 Å². The molecule has 3 rings (SSSR count). The standard InChI is InChI=1S/C13H14ClFN2O2S2/c1-17-12-7-21(18,19)6-11(12)16-13(17)20-5-8-2-3-9(15)4-10(8)14/h2-4,11-12H,5-7H2,1H3/t11-,12+/m1/s1. The lowest BCUT2D eigenvalue weighted by Gasteiger charge is -2.20. The van der Waals surface area contributed by atoms with E-state index in [-0.39, 0.29) is 29.4 Å². The van der Waals surface area contributed by atoms with E-state index in [4.69, 9.17) is 11.6 Å². The zero-order chi connectivity index (χ0) is 15.2. The summed E-state index contributed by atoms with van der Waals surface area (Å²) in [6.07, 6.45) is 0. The van der Waals surface area contributed by atoms with Crippen molar-refractivity contribution in [3.8, 4) is 0 Å². The first kappa shape index (κ1) is 15.1. The Balaban J connectivity index is 1.69. The Hall–Kier alpha value is -0.790. The number of rotatable bonds is 2. The van der Waals surface area contributed by atoms with Crippen LogP contribution in [0.1, 0.15) is 5.56 Å². The number of fused-ring (bicyclic) bond motifs is 1. The highest BCUT2D eigenvalue weighted by atomic mass is 35.5. The van der Waals surface area contributed by atoms with Crippen molar-refractivity contribution in [1.82, 2.24) is 4.90 Å². The molecule has 0 bridgehead atoms. The molecule has 21 heavy (non-hydrogen) atoms. The summed E-state index contributed by atoms with van der Waals surface area (Å²) in [4.78, 5) is 6.43. The lowest BCUT2D eigenvalue weighted by molar-refractivity contribution is 0.410. The number of nitrogens with zero attached hydrogens (tertiary/aromatic N) is 2. The van der Waals surface area contributed by atoms with Gasteiger partial charge in [0.05, 0.1) is 23.6 Å². The Kier molecular flexibility index (Phi) is 3.92. The molecule has 2 aliphatic rings. The SMILES string of the molecule is CN1C(SCc2ccc(F)cc2Cl)=N[C@@H]2CS(=O)(=O)C[C@@H]21. The largest absolute Gasteiger partial charge is 0.348 e. The normalized spacial score (nSPS) is 26.8. The van der Waals surface area contributed by atoms with E-state index < -0.39 is 9.84 Å². The Bertz CT molecular complexity index is 708. The predicted molar refractivity (Wildman–Crippen MR) is 84.1 cm³/mol. The molecule has 2 atom stereocenters. The van der Waals surface area contributed by atoms with Gasteiger partial charge in [0.1, 0.15) is 5.82 Å². The average molecular weight is 349 g/mol. The molecular formula is C13H14ClFN2O2S2. The van der Waals surface area contributed by atoms with Crippen molar-refractivity contribution in [2.45, 2.75) is 17.8 Å². The maximum absolute atomic E-state index is 13.0. The Morgan fingerprint density at radius 1 is 1.48 bits per heavy atom. The van der Waals surface area contributed by atoms with Crippen molar-refractivity contribution < 1.29 is 12.8 Å². The van der Waals surface area contributed by atoms with E-state index in [1.165, 1.54) is 23.9 Å². The fraction of sp³-hybridized carbons (Fsp3) is 0.462. The van der Waals surface area contributed by atoms with Crippen LogP contribution in [0.3, 0.4) is 0 Å². The van der Waals surface area contributed by atoms with Crippen LogP contribution < -0.4 is 0 Å². The van der Waals surface area contributed by atoms with Gasteiger partial charge in [0.15, 0.2) is 15.0 Å². The molecule has 1 aromatic carbocycles. The van der Waals surface area contributed by atoms with Gasteiger partial charge in [-0.15, -0.1) is 0 Å². The molecule has 0 unspecified atom stereocenters. The van der Waals surface area contributed by atoms with Gasteiger partial charge in [-0.1, -0.05) is 29.4 Å². The van der Waals surface area contributed by atoms with E-state index in [2.05, 4.69) is 4.99 Å². The van der Waals surface area contributed by atoms with Crippen LogP contribution in [-0.2, 0) is 15.6 Å². The van der Waals surface area contributed by atoms with Gasteiger partial charge in [-0.3, -0.25) is 4.99 Å². The summed E-state index contributed by atoms with van der Waals surface area (Å²) >= 11 is 7.49. The molecule has 0 aliphatic carbocycles. The third-order valence-corrected chi connectivity index (χ3v) is 6.90. The van der Waals surface area contributed by atoms with Crippen LogP contribution in [0, 0.1) is 5.82 Å². The molecule has 1 saturated heterocycles. The highest BCUT2D eigenvalue weighted by Gasteiger charge is 2.44. The summed E-state index contributed by atoms with van der Waals surface area (Å²) in [5.74, 6) is 0.514. The van der Waals surface area contributed by atoms with Crippen LogP contribution in [0.15, 0.2) is 23.2 Å². The fourth-order valence-corrected chi connectivity index (χ4v) is 5.92.